The summed E-state index contributed by atoms with van der Waals surface area (Å²) in [5, 5.41) is 8.16. The smallest absolute Gasteiger partial charge is 0.0885 e. The van der Waals surface area contributed by atoms with Gasteiger partial charge in [0.25, 0.3) is 0 Å². The first-order chi connectivity index (χ1) is 2.91. The van der Waals surface area contributed by atoms with E-state index in [9.17, 15) is 0 Å². The van der Waals surface area contributed by atoms with E-state index in [0.717, 1.165) is 12.2 Å². The summed E-state index contributed by atoms with van der Waals surface area (Å²) in [6, 6.07) is 0. The van der Waals surface area contributed by atoms with Crippen molar-refractivity contribution in [3.05, 3.63) is 0 Å². The maximum atomic E-state index is 8.16. The first-order valence-electron chi connectivity index (χ1n) is 2.10. The van der Waals surface area contributed by atoms with Crippen LogP contribution >= 0.6 is 11.8 Å². The molecular formula is C4H10OS. The lowest BCUT2D eigenvalue weighted by Crippen LogP contribution is -1.75. The third-order valence-corrected chi connectivity index (χ3v) is 1.32. The topological polar surface area (TPSA) is 20.2 Å². The molecule has 6 heavy (non-hydrogen) atoms. The Morgan fingerprint density at radius 3 is 2.50 bits per heavy atom. The second-order valence-electron chi connectivity index (χ2n) is 1.04. The van der Waals surface area contributed by atoms with Crippen molar-refractivity contribution in [3.8, 4) is 0 Å². The van der Waals surface area contributed by atoms with Crippen molar-refractivity contribution in [1.82, 2.24) is 0 Å². The van der Waals surface area contributed by atoms with Gasteiger partial charge in [0.2, 0.25) is 0 Å². The molecule has 0 radical (unpaired) electrons. The molecule has 0 aromatic heterocycles. The minimum absolute atomic E-state index is 0.272. The van der Waals surface area contributed by atoms with Crippen LogP contribution in [0.25, 0.3) is 0 Å². The lowest BCUT2D eigenvalue weighted by molar-refractivity contribution is 0.375. The molecule has 0 heterocycles. The quantitative estimate of drug-likeness (QED) is 0.429. The Kier molecular flexibility index (Phi) is 5.58. The van der Waals surface area contributed by atoms with E-state index in [0.29, 0.717) is 0 Å². The van der Waals surface area contributed by atoms with Gasteiger partial charge in [-0.15, -0.1) is 11.8 Å². The zero-order valence-corrected chi connectivity index (χ0v) is 4.79. The predicted octanol–water partition coefficient (Wildman–Crippen LogP) is 1.08. The maximum absolute atomic E-state index is 8.16. The third-order valence-electron chi connectivity index (χ3n) is 0.440. The molecule has 1 nitrogen and oxygen atoms in total. The summed E-state index contributed by atoms with van der Waals surface area (Å²) in [5.41, 5.74) is 0. The number of thioether (sulfide) groups is 1. The maximum Gasteiger partial charge on any atom is 0.0885 e. The van der Waals surface area contributed by atoms with Crippen LogP contribution in [-0.4, -0.2) is 16.8 Å². The first-order valence-corrected chi connectivity index (χ1v) is 3.26. The number of hydrogen-bond donors (Lipinski definition) is 1. The van der Waals surface area contributed by atoms with Gasteiger partial charge in [0.15, 0.2) is 0 Å². The molecule has 38 valence electrons. The average molecular weight is 106 g/mol. The van der Waals surface area contributed by atoms with Crippen molar-refractivity contribution < 1.29 is 5.11 Å². The molecule has 0 fully saturated rings. The first kappa shape index (κ1) is 6.31. The molecule has 0 aromatic carbocycles. The minimum Gasteiger partial charge on any atom is -0.386 e. The fourth-order valence-corrected chi connectivity index (χ4v) is 0.627. The molecule has 0 spiro atoms. The van der Waals surface area contributed by atoms with Crippen LogP contribution in [0.3, 0.4) is 0 Å². The van der Waals surface area contributed by atoms with Crippen molar-refractivity contribution >= 4 is 11.8 Å². The largest absolute Gasteiger partial charge is 0.386 e. The summed E-state index contributed by atoms with van der Waals surface area (Å²) in [7, 11) is 0. The van der Waals surface area contributed by atoms with E-state index in [1.54, 1.807) is 11.8 Å². The fraction of sp³-hybridized carbons (Fsp3) is 1.00. The summed E-state index contributed by atoms with van der Waals surface area (Å²) in [4.78, 5) is 0. The van der Waals surface area contributed by atoms with Gasteiger partial charge in [-0.2, -0.15) is 0 Å². The molecule has 0 aliphatic rings. The van der Waals surface area contributed by atoms with Crippen LogP contribution in [0.4, 0.5) is 0 Å². The van der Waals surface area contributed by atoms with Gasteiger partial charge < -0.3 is 5.11 Å². The molecule has 0 atom stereocenters. The Bertz CT molecular complexity index is 19.5. The van der Waals surface area contributed by atoms with Crippen LogP contribution in [0.5, 0.6) is 0 Å². The molecule has 0 aromatic rings. The van der Waals surface area contributed by atoms with Crippen molar-refractivity contribution in [1.29, 1.82) is 0 Å². The highest BCUT2D eigenvalue weighted by Gasteiger charge is 1.75. The standard InChI is InChI=1S/C4H10OS/c1-2-3-6-4-5/h5H,2-4H2,1H3. The van der Waals surface area contributed by atoms with E-state index in [2.05, 4.69) is 6.92 Å². The molecule has 0 rings (SSSR count). The molecule has 0 aliphatic carbocycles. The number of aliphatic hydroxyl groups is 1. The highest BCUT2D eigenvalue weighted by atomic mass is 32.2. The van der Waals surface area contributed by atoms with E-state index in [4.69, 9.17) is 5.11 Å². The average Bonchev–Trinajstić information content (AvgIpc) is 1.61. The Labute approximate surface area is 42.8 Å². The lowest BCUT2D eigenvalue weighted by atomic mass is 10.6. The number of rotatable bonds is 3. The SMILES string of the molecule is CCCSCO. The summed E-state index contributed by atoms with van der Waals surface area (Å²) in [6.45, 7) is 2.10. The Morgan fingerprint density at radius 2 is 2.33 bits per heavy atom. The van der Waals surface area contributed by atoms with E-state index in [-0.39, 0.29) is 5.94 Å². The van der Waals surface area contributed by atoms with Gasteiger partial charge in [0.05, 0.1) is 5.94 Å². The van der Waals surface area contributed by atoms with Crippen LogP contribution in [0.15, 0.2) is 0 Å². The molecular weight excluding hydrogens is 96.1 g/mol. The van der Waals surface area contributed by atoms with Crippen LogP contribution < -0.4 is 0 Å². The molecule has 0 bridgehead atoms. The molecule has 1 N–H and O–H groups in total. The van der Waals surface area contributed by atoms with E-state index >= 15 is 0 Å². The van der Waals surface area contributed by atoms with Gasteiger partial charge in [0, 0.05) is 0 Å². The van der Waals surface area contributed by atoms with E-state index in [1.165, 1.54) is 0 Å². The highest BCUT2D eigenvalue weighted by Crippen LogP contribution is 1.96. The van der Waals surface area contributed by atoms with Crippen molar-refractivity contribution in [3.63, 3.8) is 0 Å². The molecule has 2 heteroatoms. The lowest BCUT2D eigenvalue weighted by Gasteiger charge is -1.86. The van der Waals surface area contributed by atoms with Crippen LogP contribution in [0.2, 0.25) is 0 Å². The Hall–Kier alpha value is 0.310. The van der Waals surface area contributed by atoms with Crippen LogP contribution in [0, 0.1) is 0 Å². The van der Waals surface area contributed by atoms with E-state index < -0.39 is 0 Å². The van der Waals surface area contributed by atoms with Gasteiger partial charge >= 0.3 is 0 Å². The fourth-order valence-electron chi connectivity index (χ4n) is 0.209. The molecule has 0 aliphatic heterocycles. The number of hydrogen-bond acceptors (Lipinski definition) is 2. The van der Waals surface area contributed by atoms with Gasteiger partial charge in [-0.25, -0.2) is 0 Å². The summed E-state index contributed by atoms with van der Waals surface area (Å²) >= 11 is 1.56. The van der Waals surface area contributed by atoms with Gasteiger partial charge in [-0.1, -0.05) is 6.92 Å². The van der Waals surface area contributed by atoms with Crippen molar-refractivity contribution in [2.24, 2.45) is 0 Å². The van der Waals surface area contributed by atoms with Crippen molar-refractivity contribution in [2.45, 2.75) is 13.3 Å². The zero-order valence-electron chi connectivity index (χ0n) is 3.98. The van der Waals surface area contributed by atoms with E-state index in [1.807, 2.05) is 0 Å². The molecule has 0 unspecified atom stereocenters. The van der Waals surface area contributed by atoms with Gasteiger partial charge in [0.1, 0.15) is 0 Å². The monoisotopic (exact) mass is 106 g/mol. The van der Waals surface area contributed by atoms with Crippen LogP contribution in [0.1, 0.15) is 13.3 Å². The Balaban J connectivity index is 2.34. The van der Waals surface area contributed by atoms with Gasteiger partial charge in [-0.05, 0) is 12.2 Å². The normalized spacial score (nSPS) is 9.00. The summed E-state index contributed by atoms with van der Waals surface area (Å²) in [5.74, 6) is 1.35. The summed E-state index contributed by atoms with van der Waals surface area (Å²) in [6.07, 6.45) is 1.16. The van der Waals surface area contributed by atoms with Gasteiger partial charge in [-0.3, -0.25) is 0 Å². The zero-order chi connectivity index (χ0) is 4.83. The Morgan fingerprint density at radius 1 is 1.67 bits per heavy atom. The predicted molar refractivity (Wildman–Crippen MR) is 29.8 cm³/mol. The number of aliphatic hydroxyl groups excluding tert-OH is 1. The molecule has 0 saturated heterocycles. The summed E-state index contributed by atoms with van der Waals surface area (Å²) < 4.78 is 0. The van der Waals surface area contributed by atoms with Crippen molar-refractivity contribution in [2.75, 3.05) is 11.7 Å². The molecule has 0 amide bonds. The second-order valence-corrected chi connectivity index (χ2v) is 2.11. The third kappa shape index (κ3) is 4.31. The van der Waals surface area contributed by atoms with Crippen LogP contribution in [-0.2, 0) is 0 Å². The highest BCUT2D eigenvalue weighted by molar-refractivity contribution is 7.99. The second kappa shape index (κ2) is 5.31. The minimum atomic E-state index is 0.272. The molecule has 0 saturated carbocycles.